The van der Waals surface area contributed by atoms with E-state index in [9.17, 15) is 13.2 Å². The molecule has 0 saturated carbocycles. The van der Waals surface area contributed by atoms with E-state index in [0.717, 1.165) is 5.56 Å². The van der Waals surface area contributed by atoms with Gasteiger partial charge >= 0.3 is 6.36 Å². The average Bonchev–Trinajstić information content (AvgIpc) is 3.20. The number of halogens is 3. The lowest BCUT2D eigenvalue weighted by Gasteiger charge is -2.10. The normalized spacial score (nSPS) is 12.0. The molecular weight excluding hydrogens is 379 g/mol. The lowest BCUT2D eigenvalue weighted by atomic mass is 10.1. The highest BCUT2D eigenvalue weighted by molar-refractivity contribution is 5.78. The summed E-state index contributed by atoms with van der Waals surface area (Å²) >= 11 is 0. The number of pyridine rings is 1. The summed E-state index contributed by atoms with van der Waals surface area (Å²) in [4.78, 5) is 8.12. The number of ether oxygens (including phenoxy) is 2. The highest BCUT2D eigenvalue weighted by Crippen LogP contribution is 2.23. The first-order valence-corrected chi connectivity index (χ1v) is 8.02. The number of aromatic nitrogens is 2. The summed E-state index contributed by atoms with van der Waals surface area (Å²) in [6, 6.07) is 8.65. The first-order chi connectivity index (χ1) is 13.4. The number of alkyl halides is 3. The topological polar surface area (TPSA) is 90.0 Å². The summed E-state index contributed by atoms with van der Waals surface area (Å²) in [7, 11) is 0. The van der Waals surface area contributed by atoms with Crippen LogP contribution in [0.1, 0.15) is 12.0 Å². The molecule has 0 aliphatic heterocycles. The minimum atomic E-state index is -4.73. The van der Waals surface area contributed by atoms with E-state index in [2.05, 4.69) is 19.9 Å². The number of aryl methyl sites for hydroxylation is 1. The predicted octanol–water partition coefficient (Wildman–Crippen LogP) is 4.43. The maximum atomic E-state index is 12.2. The monoisotopic (exact) mass is 393 g/mol. The van der Waals surface area contributed by atoms with Gasteiger partial charge in [0.25, 0.3) is 0 Å². The van der Waals surface area contributed by atoms with Crippen molar-refractivity contribution in [2.75, 3.05) is 0 Å². The van der Waals surface area contributed by atoms with Gasteiger partial charge in [-0.2, -0.15) is 0 Å². The third-order valence-electron chi connectivity index (χ3n) is 3.52. The van der Waals surface area contributed by atoms with Crippen molar-refractivity contribution in [1.29, 1.82) is 0 Å². The third-order valence-corrected chi connectivity index (χ3v) is 3.52. The molecule has 3 aromatic rings. The number of benzene rings is 1. The molecule has 2 heterocycles. The number of hydrogen-bond donors (Lipinski definition) is 1. The zero-order valence-electron chi connectivity index (χ0n) is 14.3. The van der Waals surface area contributed by atoms with Crippen LogP contribution in [0.2, 0.25) is 0 Å². The summed E-state index contributed by atoms with van der Waals surface area (Å²) in [5.41, 5.74) is 1.23. The molecule has 0 fully saturated rings. The second kappa shape index (κ2) is 8.42. The van der Waals surface area contributed by atoms with E-state index in [1.54, 1.807) is 12.1 Å². The molecule has 0 atom stereocenters. The van der Waals surface area contributed by atoms with Gasteiger partial charge in [-0.15, -0.1) is 13.2 Å². The maximum absolute atomic E-state index is 12.2. The average molecular weight is 393 g/mol. The van der Waals surface area contributed by atoms with E-state index in [0.29, 0.717) is 23.8 Å². The fraction of sp³-hybridized carbons (Fsp3) is 0.167. The molecule has 3 rings (SSSR count). The second-order valence-corrected chi connectivity index (χ2v) is 5.50. The van der Waals surface area contributed by atoms with E-state index >= 15 is 0 Å². The van der Waals surface area contributed by atoms with Crippen LogP contribution in [0.15, 0.2) is 64.6 Å². The largest absolute Gasteiger partial charge is 0.573 e. The third kappa shape index (κ3) is 5.47. The molecule has 1 N–H and O–H groups in total. The Kier molecular flexibility index (Phi) is 5.78. The van der Waals surface area contributed by atoms with Crippen molar-refractivity contribution < 1.29 is 32.3 Å². The van der Waals surface area contributed by atoms with Gasteiger partial charge in [0.2, 0.25) is 11.8 Å². The van der Waals surface area contributed by atoms with Gasteiger partial charge in [0.05, 0.1) is 12.4 Å². The standard InChI is InChI=1S/C18H14F3N3O4/c19-18(20,21)28-13-4-1-12(2-5-13)3-8-16(24-25)27-14-6-7-15(23-11-14)17-22-9-10-26-17/h1-2,4-7,9-11,25H,3,8H2/b24-16+. The van der Waals surface area contributed by atoms with Crippen molar-refractivity contribution in [2.45, 2.75) is 19.2 Å². The van der Waals surface area contributed by atoms with E-state index < -0.39 is 6.36 Å². The van der Waals surface area contributed by atoms with Crippen LogP contribution in [0.3, 0.4) is 0 Å². The van der Waals surface area contributed by atoms with Crippen LogP contribution in [0, 0.1) is 0 Å². The number of rotatable bonds is 6. The zero-order valence-corrected chi connectivity index (χ0v) is 14.3. The molecule has 0 aliphatic rings. The van der Waals surface area contributed by atoms with Crippen molar-refractivity contribution in [3.63, 3.8) is 0 Å². The number of nitrogens with zero attached hydrogens (tertiary/aromatic N) is 3. The van der Waals surface area contributed by atoms with Gasteiger partial charge in [0.15, 0.2) is 0 Å². The number of oxime groups is 1. The van der Waals surface area contributed by atoms with Crippen molar-refractivity contribution in [2.24, 2.45) is 5.16 Å². The Bertz CT molecular complexity index is 909. The van der Waals surface area contributed by atoms with E-state index in [4.69, 9.17) is 14.4 Å². The van der Waals surface area contributed by atoms with Crippen LogP contribution in [0.5, 0.6) is 11.5 Å². The summed E-state index contributed by atoms with van der Waals surface area (Å²) < 4.78 is 50.9. The first kappa shape index (κ1) is 19.2. The van der Waals surface area contributed by atoms with Gasteiger partial charge < -0.3 is 19.1 Å². The molecule has 10 heteroatoms. The number of oxazole rings is 1. The molecule has 0 amide bonds. The van der Waals surface area contributed by atoms with Crippen LogP contribution >= 0.6 is 0 Å². The van der Waals surface area contributed by atoms with Crippen molar-refractivity contribution >= 4 is 5.90 Å². The lowest BCUT2D eigenvalue weighted by molar-refractivity contribution is -0.274. The SMILES string of the molecule is O/N=C(\CCc1ccc(OC(F)(F)F)cc1)Oc1ccc(-c2ncco2)nc1. The molecule has 0 aliphatic carbocycles. The molecule has 7 nitrogen and oxygen atoms in total. The zero-order chi connectivity index (χ0) is 20.0. The fourth-order valence-corrected chi connectivity index (χ4v) is 2.28. The van der Waals surface area contributed by atoms with Crippen LogP contribution < -0.4 is 9.47 Å². The molecular formula is C18H14F3N3O4. The highest BCUT2D eigenvalue weighted by atomic mass is 19.4. The van der Waals surface area contributed by atoms with Crippen LogP contribution in [-0.4, -0.2) is 27.4 Å². The van der Waals surface area contributed by atoms with Crippen molar-refractivity contribution in [3.8, 4) is 23.1 Å². The van der Waals surface area contributed by atoms with Crippen molar-refractivity contribution in [1.82, 2.24) is 9.97 Å². The quantitative estimate of drug-likeness (QED) is 0.288. The Morgan fingerprint density at radius 2 is 1.82 bits per heavy atom. The second-order valence-electron chi connectivity index (χ2n) is 5.50. The Balaban J connectivity index is 1.55. The Morgan fingerprint density at radius 3 is 2.39 bits per heavy atom. The highest BCUT2D eigenvalue weighted by Gasteiger charge is 2.30. The Labute approximate surface area is 157 Å². The smallest absolute Gasteiger partial charge is 0.443 e. The lowest BCUT2D eigenvalue weighted by Crippen LogP contribution is -2.17. The maximum Gasteiger partial charge on any atom is 0.573 e. The Hall–Kier alpha value is -3.56. The van der Waals surface area contributed by atoms with Gasteiger partial charge in [-0.25, -0.2) is 9.97 Å². The van der Waals surface area contributed by atoms with E-state index in [1.807, 2.05) is 0 Å². The van der Waals surface area contributed by atoms with E-state index in [-0.39, 0.29) is 18.1 Å². The molecule has 0 radical (unpaired) electrons. The van der Waals surface area contributed by atoms with E-state index in [1.165, 1.54) is 42.9 Å². The fourth-order valence-electron chi connectivity index (χ4n) is 2.28. The first-order valence-electron chi connectivity index (χ1n) is 8.02. The molecule has 1 aromatic carbocycles. The summed E-state index contributed by atoms with van der Waals surface area (Å²) in [5, 5.41) is 12.2. The molecule has 0 spiro atoms. The van der Waals surface area contributed by atoms with Gasteiger partial charge in [-0.05, 0) is 36.2 Å². The molecule has 0 unspecified atom stereocenters. The Morgan fingerprint density at radius 1 is 1.07 bits per heavy atom. The van der Waals surface area contributed by atoms with Gasteiger partial charge in [-0.1, -0.05) is 17.3 Å². The summed E-state index contributed by atoms with van der Waals surface area (Å²) in [6.07, 6.45) is 0.223. The van der Waals surface area contributed by atoms with Gasteiger partial charge in [0, 0.05) is 6.42 Å². The molecule has 0 bridgehead atoms. The van der Waals surface area contributed by atoms with Gasteiger partial charge in [-0.3, -0.25) is 0 Å². The molecule has 146 valence electrons. The van der Waals surface area contributed by atoms with Crippen LogP contribution in [0.25, 0.3) is 11.6 Å². The minimum Gasteiger partial charge on any atom is -0.443 e. The summed E-state index contributed by atoms with van der Waals surface area (Å²) in [5.74, 6) is 0.430. The molecule has 28 heavy (non-hydrogen) atoms. The van der Waals surface area contributed by atoms with Crippen LogP contribution in [-0.2, 0) is 6.42 Å². The predicted molar refractivity (Wildman–Crippen MR) is 91.0 cm³/mol. The van der Waals surface area contributed by atoms with Gasteiger partial charge in [0.1, 0.15) is 23.5 Å². The molecule has 2 aromatic heterocycles. The molecule has 0 saturated heterocycles. The van der Waals surface area contributed by atoms with Crippen LogP contribution in [0.4, 0.5) is 13.2 Å². The summed E-state index contributed by atoms with van der Waals surface area (Å²) in [6.45, 7) is 0. The minimum absolute atomic E-state index is 0.0290. The van der Waals surface area contributed by atoms with Crippen molar-refractivity contribution in [3.05, 3.63) is 60.6 Å². The number of hydrogen-bond acceptors (Lipinski definition) is 7.